The number of hydrogen-bond donors (Lipinski definition) is 1. The Balaban J connectivity index is 2.47. The molecule has 0 radical (unpaired) electrons. The molecule has 0 atom stereocenters. The number of carbonyl (C=O) groups is 1. The molecular weight excluding hydrogens is 218 g/mol. The number of rotatable bonds is 3. The molecule has 0 heterocycles. The zero-order chi connectivity index (χ0) is 10.4. The third kappa shape index (κ3) is 4.03. The van der Waals surface area contributed by atoms with Gasteiger partial charge in [-0.05, 0) is 24.6 Å². The van der Waals surface area contributed by atoms with Crippen LogP contribution in [0.3, 0.4) is 0 Å². The third-order valence-electron chi connectivity index (χ3n) is 1.51. The molecule has 0 bridgehead atoms. The lowest BCUT2D eigenvalue weighted by Gasteiger charge is -2.03. The summed E-state index contributed by atoms with van der Waals surface area (Å²) < 4.78 is 0. The highest BCUT2D eigenvalue weighted by Gasteiger charge is 2.01. The smallest absolute Gasteiger partial charge is 0.283 e. The second-order valence-electron chi connectivity index (χ2n) is 2.77. The van der Waals surface area contributed by atoms with Gasteiger partial charge in [-0.3, -0.25) is 4.79 Å². The largest absolute Gasteiger partial charge is 0.317 e. The minimum Gasteiger partial charge on any atom is -0.317 e. The fraction of sp³-hybridized carbons (Fsp3) is 0.300. The van der Waals surface area contributed by atoms with Gasteiger partial charge in [-0.1, -0.05) is 36.4 Å². The summed E-state index contributed by atoms with van der Waals surface area (Å²) >= 11 is 7.06. The van der Waals surface area contributed by atoms with Gasteiger partial charge < -0.3 is 5.32 Å². The van der Waals surface area contributed by atoms with E-state index < -0.39 is 0 Å². The van der Waals surface area contributed by atoms with Gasteiger partial charge in [0, 0.05) is 16.5 Å². The molecule has 4 heteroatoms. The van der Waals surface area contributed by atoms with Crippen molar-refractivity contribution in [1.82, 2.24) is 0 Å². The molecule has 0 spiro atoms. The summed E-state index contributed by atoms with van der Waals surface area (Å²) in [6.07, 6.45) is 0.994. The predicted molar refractivity (Wildman–Crippen MR) is 63.2 cm³/mol. The van der Waals surface area contributed by atoms with Gasteiger partial charge in [0.1, 0.15) is 0 Å². The Labute approximate surface area is 93.0 Å². The van der Waals surface area contributed by atoms with E-state index in [2.05, 4.69) is 5.32 Å². The van der Waals surface area contributed by atoms with Gasteiger partial charge >= 0.3 is 0 Å². The number of amides is 1. The summed E-state index contributed by atoms with van der Waals surface area (Å²) in [5, 5.41) is 3.35. The van der Waals surface area contributed by atoms with Gasteiger partial charge in [0.15, 0.2) is 0 Å². The molecule has 0 unspecified atom stereocenters. The quantitative estimate of drug-likeness (QED) is 0.849. The first-order valence-corrected chi connectivity index (χ1v) is 5.78. The molecule has 0 aliphatic heterocycles. The van der Waals surface area contributed by atoms with Gasteiger partial charge in [-0.2, -0.15) is 0 Å². The first-order chi connectivity index (χ1) is 6.72. The normalized spacial score (nSPS) is 9.86. The van der Waals surface area contributed by atoms with Crippen molar-refractivity contribution >= 4 is 34.3 Å². The van der Waals surface area contributed by atoms with Crippen LogP contribution in [0, 0.1) is 0 Å². The fourth-order valence-electron chi connectivity index (χ4n) is 0.915. The Morgan fingerprint density at radius 2 is 2.36 bits per heavy atom. The minimum absolute atomic E-state index is 0.0332. The summed E-state index contributed by atoms with van der Waals surface area (Å²) in [4.78, 5) is 11.3. The lowest BCUT2D eigenvalue weighted by Crippen LogP contribution is -2.05. The number of carbonyl (C=O) groups excluding carboxylic acids is 1. The summed E-state index contributed by atoms with van der Waals surface area (Å²) in [5.74, 6) is 0.840. The Morgan fingerprint density at radius 3 is 3.00 bits per heavy atom. The van der Waals surface area contributed by atoms with Crippen molar-refractivity contribution in [3.63, 3.8) is 0 Å². The second kappa shape index (κ2) is 5.94. The number of anilines is 1. The first-order valence-electron chi connectivity index (χ1n) is 4.41. The molecule has 1 aromatic carbocycles. The van der Waals surface area contributed by atoms with Crippen molar-refractivity contribution in [2.24, 2.45) is 0 Å². The third-order valence-corrected chi connectivity index (χ3v) is 2.72. The van der Waals surface area contributed by atoms with Crippen molar-refractivity contribution in [2.45, 2.75) is 13.3 Å². The monoisotopic (exact) mass is 229 g/mol. The fourth-order valence-corrected chi connectivity index (χ4v) is 1.68. The van der Waals surface area contributed by atoms with Crippen molar-refractivity contribution in [3.8, 4) is 0 Å². The van der Waals surface area contributed by atoms with Gasteiger partial charge in [-0.25, -0.2) is 0 Å². The van der Waals surface area contributed by atoms with Crippen molar-refractivity contribution in [2.75, 3.05) is 11.1 Å². The Morgan fingerprint density at radius 1 is 1.57 bits per heavy atom. The molecule has 0 aliphatic carbocycles. The van der Waals surface area contributed by atoms with E-state index in [4.69, 9.17) is 11.6 Å². The van der Waals surface area contributed by atoms with Crippen LogP contribution in [0.25, 0.3) is 0 Å². The standard InChI is InChI=1S/C10H12ClNOS/c1-2-6-14-10(13)12-9-5-3-4-8(11)7-9/h3-5,7H,2,6H2,1H3,(H,12,13). The lowest BCUT2D eigenvalue weighted by atomic mass is 10.3. The predicted octanol–water partition coefficient (Wildman–Crippen LogP) is 4.02. The lowest BCUT2D eigenvalue weighted by molar-refractivity contribution is 0.270. The van der Waals surface area contributed by atoms with E-state index in [-0.39, 0.29) is 5.24 Å². The van der Waals surface area contributed by atoms with E-state index in [1.165, 1.54) is 11.8 Å². The highest BCUT2D eigenvalue weighted by Crippen LogP contribution is 2.17. The Bertz CT molecular complexity index is 317. The molecule has 2 nitrogen and oxygen atoms in total. The number of nitrogens with one attached hydrogen (secondary N) is 1. The number of thioether (sulfide) groups is 1. The van der Waals surface area contributed by atoms with Crippen LogP contribution in [-0.4, -0.2) is 11.0 Å². The van der Waals surface area contributed by atoms with Gasteiger partial charge in [0.05, 0.1) is 0 Å². The van der Waals surface area contributed by atoms with Crippen LogP contribution in [0.5, 0.6) is 0 Å². The maximum absolute atomic E-state index is 11.3. The van der Waals surface area contributed by atoms with Crippen molar-refractivity contribution in [3.05, 3.63) is 29.3 Å². The first kappa shape index (κ1) is 11.4. The summed E-state index contributed by atoms with van der Waals surface area (Å²) in [5.41, 5.74) is 0.742. The maximum Gasteiger partial charge on any atom is 0.283 e. The molecule has 14 heavy (non-hydrogen) atoms. The van der Waals surface area contributed by atoms with E-state index in [0.29, 0.717) is 5.02 Å². The van der Waals surface area contributed by atoms with Gasteiger partial charge in [0.2, 0.25) is 0 Å². The van der Waals surface area contributed by atoms with Gasteiger partial charge in [0.25, 0.3) is 5.24 Å². The van der Waals surface area contributed by atoms with E-state index in [1.54, 1.807) is 12.1 Å². The number of halogens is 1. The molecular formula is C10H12ClNOS. The molecule has 0 saturated carbocycles. The number of benzene rings is 1. The van der Waals surface area contributed by atoms with E-state index in [1.807, 2.05) is 19.1 Å². The molecule has 1 rings (SSSR count). The maximum atomic E-state index is 11.3. The van der Waals surface area contributed by atoms with Crippen LogP contribution in [-0.2, 0) is 0 Å². The Hall–Kier alpha value is -0.670. The highest BCUT2D eigenvalue weighted by atomic mass is 35.5. The summed E-state index contributed by atoms with van der Waals surface area (Å²) in [6.45, 7) is 2.04. The SMILES string of the molecule is CCCSC(=O)Nc1cccc(Cl)c1. The van der Waals surface area contributed by atoms with Crippen molar-refractivity contribution < 1.29 is 4.79 Å². The molecule has 1 aromatic rings. The molecule has 0 aliphatic rings. The topological polar surface area (TPSA) is 29.1 Å². The van der Waals surface area contributed by atoms with Crippen LogP contribution in [0.1, 0.15) is 13.3 Å². The highest BCUT2D eigenvalue weighted by molar-refractivity contribution is 8.13. The minimum atomic E-state index is -0.0332. The molecule has 0 aromatic heterocycles. The average Bonchev–Trinajstić information content (AvgIpc) is 2.15. The molecule has 0 fully saturated rings. The molecule has 1 N–H and O–H groups in total. The average molecular weight is 230 g/mol. The van der Waals surface area contributed by atoms with E-state index >= 15 is 0 Å². The zero-order valence-corrected chi connectivity index (χ0v) is 9.49. The summed E-state index contributed by atoms with van der Waals surface area (Å²) in [6, 6.07) is 7.13. The van der Waals surface area contributed by atoms with Crippen LogP contribution in [0.15, 0.2) is 24.3 Å². The van der Waals surface area contributed by atoms with Crippen molar-refractivity contribution in [1.29, 1.82) is 0 Å². The van der Waals surface area contributed by atoms with Crippen LogP contribution in [0.4, 0.5) is 10.5 Å². The van der Waals surface area contributed by atoms with E-state index in [9.17, 15) is 4.79 Å². The molecule has 0 saturated heterocycles. The van der Waals surface area contributed by atoms with Gasteiger partial charge in [-0.15, -0.1) is 0 Å². The second-order valence-corrected chi connectivity index (χ2v) is 4.28. The van der Waals surface area contributed by atoms with E-state index in [0.717, 1.165) is 17.9 Å². The molecule has 76 valence electrons. The molecule has 1 amide bonds. The summed E-state index contributed by atoms with van der Waals surface area (Å²) in [7, 11) is 0. The number of hydrogen-bond acceptors (Lipinski definition) is 2. The van der Waals surface area contributed by atoms with Crippen LogP contribution >= 0.6 is 23.4 Å². The van der Waals surface area contributed by atoms with Crippen LogP contribution < -0.4 is 5.32 Å². The van der Waals surface area contributed by atoms with Crippen LogP contribution in [0.2, 0.25) is 5.02 Å². The zero-order valence-electron chi connectivity index (χ0n) is 7.92. The Kier molecular flexibility index (Phi) is 4.84.